The van der Waals surface area contributed by atoms with E-state index in [2.05, 4.69) is 10.5 Å². The summed E-state index contributed by atoms with van der Waals surface area (Å²) in [6.45, 7) is 1.64. The fraction of sp³-hybridized carbons (Fsp3) is 0.125. The highest BCUT2D eigenvalue weighted by molar-refractivity contribution is 6.30. The van der Waals surface area contributed by atoms with E-state index in [1.807, 2.05) is 13.0 Å². The second-order valence-corrected chi connectivity index (χ2v) is 7.09. The number of nitrogens with zero attached hydrogens (tertiary/aromatic N) is 1. The van der Waals surface area contributed by atoms with Gasteiger partial charge in [-0.1, -0.05) is 29.8 Å². The van der Waals surface area contributed by atoms with E-state index < -0.39 is 11.9 Å². The number of benzene rings is 3. The summed E-state index contributed by atoms with van der Waals surface area (Å²) in [6.07, 6.45) is 1.44. The number of hydrogen-bond donors (Lipinski definition) is 1. The molecule has 0 aliphatic rings. The number of hydrogen-bond acceptors (Lipinski definition) is 6. The van der Waals surface area contributed by atoms with E-state index in [9.17, 15) is 9.59 Å². The second-order valence-electron chi connectivity index (χ2n) is 6.66. The van der Waals surface area contributed by atoms with Crippen molar-refractivity contribution in [2.24, 2.45) is 5.10 Å². The number of ether oxygens (including phenoxy) is 3. The zero-order valence-corrected chi connectivity index (χ0v) is 18.3. The molecule has 0 heterocycles. The Bertz CT molecular complexity index is 1130. The van der Waals surface area contributed by atoms with Gasteiger partial charge >= 0.3 is 5.97 Å². The van der Waals surface area contributed by atoms with Gasteiger partial charge in [-0.3, -0.25) is 4.79 Å². The molecule has 0 unspecified atom stereocenters. The Morgan fingerprint density at radius 1 is 1.00 bits per heavy atom. The number of esters is 1. The fourth-order valence-corrected chi connectivity index (χ4v) is 2.94. The third-order valence-corrected chi connectivity index (χ3v) is 4.53. The van der Waals surface area contributed by atoms with E-state index >= 15 is 0 Å². The van der Waals surface area contributed by atoms with Crippen LogP contribution in [0.4, 0.5) is 0 Å². The smallest absolute Gasteiger partial charge is 0.343 e. The Labute approximate surface area is 190 Å². The summed E-state index contributed by atoms with van der Waals surface area (Å²) in [5.41, 5.74) is 4.28. The van der Waals surface area contributed by atoms with Crippen molar-refractivity contribution < 1.29 is 23.8 Å². The van der Waals surface area contributed by atoms with Crippen molar-refractivity contribution in [3.05, 3.63) is 88.4 Å². The van der Waals surface area contributed by atoms with Crippen LogP contribution in [-0.4, -0.2) is 31.8 Å². The molecule has 1 N–H and O–H groups in total. The van der Waals surface area contributed by atoms with Gasteiger partial charge in [0.15, 0.2) is 18.1 Å². The Morgan fingerprint density at radius 3 is 2.47 bits per heavy atom. The van der Waals surface area contributed by atoms with Gasteiger partial charge in [-0.15, -0.1) is 0 Å². The number of aryl methyl sites for hydroxylation is 1. The average Bonchev–Trinajstić information content (AvgIpc) is 2.80. The molecule has 0 radical (unpaired) electrons. The zero-order valence-electron chi connectivity index (χ0n) is 17.5. The molecule has 1 amide bonds. The van der Waals surface area contributed by atoms with E-state index in [0.29, 0.717) is 27.6 Å². The van der Waals surface area contributed by atoms with Gasteiger partial charge in [0, 0.05) is 5.02 Å². The Balaban J connectivity index is 1.56. The maximum Gasteiger partial charge on any atom is 0.343 e. The van der Waals surface area contributed by atoms with Crippen molar-refractivity contribution in [1.29, 1.82) is 0 Å². The average molecular weight is 453 g/mol. The molecule has 3 aromatic carbocycles. The van der Waals surface area contributed by atoms with E-state index in [-0.39, 0.29) is 12.4 Å². The van der Waals surface area contributed by atoms with Crippen LogP contribution in [0.3, 0.4) is 0 Å². The van der Waals surface area contributed by atoms with Crippen molar-refractivity contribution in [3.8, 4) is 17.2 Å². The monoisotopic (exact) mass is 452 g/mol. The lowest BCUT2D eigenvalue weighted by Crippen LogP contribution is -2.24. The zero-order chi connectivity index (χ0) is 22.9. The molecule has 8 heteroatoms. The number of methoxy groups -OCH3 is 1. The van der Waals surface area contributed by atoms with Gasteiger partial charge in [0.1, 0.15) is 5.75 Å². The predicted molar refractivity (Wildman–Crippen MR) is 122 cm³/mol. The van der Waals surface area contributed by atoms with E-state index in [1.165, 1.54) is 13.3 Å². The molecule has 0 aliphatic carbocycles. The van der Waals surface area contributed by atoms with Crippen LogP contribution in [-0.2, 0) is 4.79 Å². The molecule has 3 aromatic rings. The summed E-state index contributed by atoms with van der Waals surface area (Å²) in [7, 11) is 1.47. The Morgan fingerprint density at radius 2 is 1.75 bits per heavy atom. The van der Waals surface area contributed by atoms with Crippen LogP contribution in [0.2, 0.25) is 5.02 Å². The van der Waals surface area contributed by atoms with Gasteiger partial charge in [0.25, 0.3) is 5.91 Å². The van der Waals surface area contributed by atoms with Crippen molar-refractivity contribution in [2.45, 2.75) is 6.92 Å². The second kappa shape index (κ2) is 11.0. The van der Waals surface area contributed by atoms with Gasteiger partial charge in [-0.2, -0.15) is 5.10 Å². The molecule has 164 valence electrons. The maximum atomic E-state index is 12.2. The molecular weight excluding hydrogens is 432 g/mol. The van der Waals surface area contributed by atoms with E-state index in [4.69, 9.17) is 25.8 Å². The van der Waals surface area contributed by atoms with E-state index in [0.717, 1.165) is 5.56 Å². The van der Waals surface area contributed by atoms with Crippen molar-refractivity contribution in [1.82, 2.24) is 5.43 Å². The summed E-state index contributed by atoms with van der Waals surface area (Å²) in [6, 6.07) is 18.7. The van der Waals surface area contributed by atoms with Gasteiger partial charge in [-0.05, 0) is 66.6 Å². The van der Waals surface area contributed by atoms with Crippen LogP contribution in [0.5, 0.6) is 17.2 Å². The minimum absolute atomic E-state index is 0.197. The summed E-state index contributed by atoms with van der Waals surface area (Å²) >= 11 is 5.90. The van der Waals surface area contributed by atoms with Crippen molar-refractivity contribution >= 4 is 29.7 Å². The number of carbonyl (C=O) groups excluding carboxylic acids is 2. The Hall–Kier alpha value is -3.84. The maximum absolute atomic E-state index is 12.2. The summed E-state index contributed by atoms with van der Waals surface area (Å²) in [4.78, 5) is 24.2. The molecule has 0 saturated heterocycles. The van der Waals surface area contributed by atoms with Crippen LogP contribution < -0.4 is 19.6 Å². The highest BCUT2D eigenvalue weighted by Crippen LogP contribution is 2.28. The number of rotatable bonds is 8. The number of amides is 1. The molecule has 7 nitrogen and oxygen atoms in total. The topological polar surface area (TPSA) is 86.2 Å². The van der Waals surface area contributed by atoms with Gasteiger partial charge < -0.3 is 14.2 Å². The minimum Gasteiger partial charge on any atom is -0.493 e. The first-order valence-electron chi connectivity index (χ1n) is 9.62. The first kappa shape index (κ1) is 22.8. The SMILES string of the molecule is COc1cc(/C=N/NC(=O)COc2ccc(Cl)cc2C)ccc1OC(=O)c1ccccc1. The number of halogens is 1. The highest BCUT2D eigenvalue weighted by Gasteiger charge is 2.12. The normalized spacial score (nSPS) is 10.6. The number of carbonyl (C=O) groups is 2. The first-order chi connectivity index (χ1) is 15.5. The van der Waals surface area contributed by atoms with Crippen LogP contribution in [0.1, 0.15) is 21.5 Å². The highest BCUT2D eigenvalue weighted by atomic mass is 35.5. The predicted octanol–water partition coefficient (Wildman–Crippen LogP) is 4.41. The number of hydrazone groups is 1. The standard InChI is InChI=1S/C24H21ClN2O5/c1-16-12-19(25)9-11-20(16)31-15-23(28)27-26-14-17-8-10-21(22(13-17)30-2)32-24(29)18-6-4-3-5-7-18/h3-14H,15H2,1-2H3,(H,27,28)/b26-14+. The van der Waals surface area contributed by atoms with Gasteiger partial charge in [-0.25, -0.2) is 10.2 Å². The molecule has 0 spiro atoms. The molecule has 0 bridgehead atoms. The minimum atomic E-state index is -0.492. The molecular formula is C24H21ClN2O5. The summed E-state index contributed by atoms with van der Waals surface area (Å²) in [5, 5.41) is 4.51. The van der Waals surface area contributed by atoms with Crippen LogP contribution in [0, 0.1) is 6.92 Å². The van der Waals surface area contributed by atoms with Crippen molar-refractivity contribution in [2.75, 3.05) is 13.7 Å². The van der Waals surface area contributed by atoms with Crippen LogP contribution >= 0.6 is 11.6 Å². The Kier molecular flexibility index (Phi) is 7.83. The third-order valence-electron chi connectivity index (χ3n) is 4.30. The quantitative estimate of drug-likeness (QED) is 0.237. The fourth-order valence-electron chi connectivity index (χ4n) is 2.71. The molecule has 0 aliphatic heterocycles. The lowest BCUT2D eigenvalue weighted by molar-refractivity contribution is -0.123. The first-order valence-corrected chi connectivity index (χ1v) is 10.00. The summed E-state index contributed by atoms with van der Waals surface area (Å²) in [5.74, 6) is 0.281. The molecule has 3 rings (SSSR count). The lowest BCUT2D eigenvalue weighted by atomic mass is 10.2. The largest absolute Gasteiger partial charge is 0.493 e. The number of nitrogens with one attached hydrogen (secondary N) is 1. The molecule has 32 heavy (non-hydrogen) atoms. The molecule has 0 atom stereocenters. The third kappa shape index (κ3) is 6.33. The molecule has 0 fully saturated rings. The lowest BCUT2D eigenvalue weighted by Gasteiger charge is -2.10. The molecule has 0 saturated carbocycles. The van der Waals surface area contributed by atoms with Crippen LogP contribution in [0.25, 0.3) is 0 Å². The van der Waals surface area contributed by atoms with Gasteiger partial charge in [0.2, 0.25) is 0 Å². The van der Waals surface area contributed by atoms with Gasteiger partial charge in [0.05, 0.1) is 18.9 Å². The molecule has 0 aromatic heterocycles. The van der Waals surface area contributed by atoms with Crippen molar-refractivity contribution in [3.63, 3.8) is 0 Å². The summed E-state index contributed by atoms with van der Waals surface area (Å²) < 4.78 is 16.2. The van der Waals surface area contributed by atoms with Crippen LogP contribution in [0.15, 0.2) is 71.8 Å². The van der Waals surface area contributed by atoms with E-state index in [1.54, 1.807) is 60.7 Å².